The Kier molecular flexibility index (Phi) is 6.79. The van der Waals surface area contributed by atoms with E-state index in [4.69, 9.17) is 0 Å². The summed E-state index contributed by atoms with van der Waals surface area (Å²) in [6.45, 7) is 1.51. The molecule has 1 aliphatic heterocycles. The topological polar surface area (TPSA) is 58.2 Å². The molecule has 0 spiro atoms. The van der Waals surface area contributed by atoms with Crippen LogP contribution in [-0.2, 0) is 16.4 Å². The predicted octanol–water partition coefficient (Wildman–Crippen LogP) is 1.32. The van der Waals surface area contributed by atoms with Gasteiger partial charge in [-0.05, 0) is 31.4 Å². The highest BCUT2D eigenvalue weighted by Crippen LogP contribution is 2.05. The van der Waals surface area contributed by atoms with E-state index in [1.54, 1.807) is 0 Å². The Morgan fingerprint density at radius 1 is 1.26 bits per heavy atom. The second-order valence-corrected chi connectivity index (χ2v) is 6.62. The molecule has 0 aromatic heterocycles. The lowest BCUT2D eigenvalue weighted by molar-refractivity contribution is 0.551. The van der Waals surface area contributed by atoms with Crippen molar-refractivity contribution in [2.45, 2.75) is 25.3 Å². The van der Waals surface area contributed by atoms with E-state index in [0.717, 1.165) is 24.9 Å². The molecule has 2 N–H and O–H groups in total. The number of sulfonamides is 1. The molecule has 1 unspecified atom stereocenters. The van der Waals surface area contributed by atoms with Crippen molar-refractivity contribution in [3.8, 4) is 0 Å². The van der Waals surface area contributed by atoms with Crippen LogP contribution >= 0.6 is 12.4 Å². The quantitative estimate of drug-likeness (QED) is 0.833. The van der Waals surface area contributed by atoms with Gasteiger partial charge in [0.2, 0.25) is 10.0 Å². The third-order valence-electron chi connectivity index (χ3n) is 3.21. The molecular weight excluding hydrogens is 284 g/mol. The SMILES string of the molecule is Cl.O=S(=O)(CCc1ccccc1)NCC1CCCN1. The number of aryl methyl sites for hydroxylation is 1. The lowest BCUT2D eigenvalue weighted by Crippen LogP contribution is -2.38. The minimum absolute atomic E-state index is 0. The molecule has 6 heteroatoms. The molecule has 108 valence electrons. The van der Waals surface area contributed by atoms with Gasteiger partial charge in [-0.15, -0.1) is 12.4 Å². The number of halogens is 1. The zero-order valence-corrected chi connectivity index (χ0v) is 12.5. The summed E-state index contributed by atoms with van der Waals surface area (Å²) >= 11 is 0. The van der Waals surface area contributed by atoms with E-state index < -0.39 is 10.0 Å². The molecule has 0 amide bonds. The molecule has 1 aromatic rings. The van der Waals surface area contributed by atoms with Gasteiger partial charge in [-0.2, -0.15) is 0 Å². The van der Waals surface area contributed by atoms with Gasteiger partial charge in [0.25, 0.3) is 0 Å². The molecule has 19 heavy (non-hydrogen) atoms. The zero-order chi connectivity index (χ0) is 12.8. The van der Waals surface area contributed by atoms with Crippen LogP contribution in [0.25, 0.3) is 0 Å². The van der Waals surface area contributed by atoms with Crippen molar-refractivity contribution in [2.75, 3.05) is 18.8 Å². The van der Waals surface area contributed by atoms with Crippen LogP contribution in [0.2, 0.25) is 0 Å². The van der Waals surface area contributed by atoms with E-state index >= 15 is 0 Å². The second-order valence-electron chi connectivity index (χ2n) is 4.70. The first kappa shape index (κ1) is 16.4. The first-order chi connectivity index (χ1) is 8.66. The molecule has 1 atom stereocenters. The van der Waals surface area contributed by atoms with E-state index in [1.165, 1.54) is 0 Å². The van der Waals surface area contributed by atoms with E-state index in [1.807, 2.05) is 30.3 Å². The molecule has 2 rings (SSSR count). The van der Waals surface area contributed by atoms with Crippen molar-refractivity contribution >= 4 is 22.4 Å². The van der Waals surface area contributed by atoms with Gasteiger partial charge >= 0.3 is 0 Å². The van der Waals surface area contributed by atoms with Gasteiger partial charge < -0.3 is 5.32 Å². The fourth-order valence-corrected chi connectivity index (χ4v) is 3.23. The summed E-state index contributed by atoms with van der Waals surface area (Å²) < 4.78 is 26.3. The minimum Gasteiger partial charge on any atom is -0.313 e. The lowest BCUT2D eigenvalue weighted by Gasteiger charge is -2.11. The number of hydrogen-bond acceptors (Lipinski definition) is 3. The highest BCUT2D eigenvalue weighted by molar-refractivity contribution is 7.89. The van der Waals surface area contributed by atoms with Crippen LogP contribution in [0.4, 0.5) is 0 Å². The van der Waals surface area contributed by atoms with Crippen molar-refractivity contribution in [3.05, 3.63) is 35.9 Å². The summed E-state index contributed by atoms with van der Waals surface area (Å²) in [6, 6.07) is 10.00. The maximum absolute atomic E-state index is 11.8. The van der Waals surface area contributed by atoms with E-state index in [2.05, 4.69) is 10.0 Å². The molecule has 0 radical (unpaired) electrons. The molecule has 0 aliphatic carbocycles. The van der Waals surface area contributed by atoms with Crippen molar-refractivity contribution < 1.29 is 8.42 Å². The van der Waals surface area contributed by atoms with Crippen LogP contribution in [0.15, 0.2) is 30.3 Å². The smallest absolute Gasteiger partial charge is 0.211 e. The average molecular weight is 305 g/mol. The predicted molar refractivity (Wildman–Crippen MR) is 80.2 cm³/mol. The molecule has 1 aromatic carbocycles. The Morgan fingerprint density at radius 3 is 2.63 bits per heavy atom. The Hall–Kier alpha value is -0.620. The standard InChI is InChI=1S/C13H20N2O2S.ClH/c16-18(17,15-11-13-7-4-9-14-13)10-8-12-5-2-1-3-6-12;/h1-3,5-6,13-15H,4,7-11H2;1H. The summed E-state index contributed by atoms with van der Waals surface area (Å²) in [5, 5.41) is 3.28. The van der Waals surface area contributed by atoms with Crippen LogP contribution in [-0.4, -0.2) is 33.3 Å². The molecule has 1 aliphatic rings. The van der Waals surface area contributed by atoms with E-state index in [9.17, 15) is 8.42 Å². The summed E-state index contributed by atoms with van der Waals surface area (Å²) in [5.74, 6) is 0.156. The normalized spacial score (nSPS) is 19.1. The lowest BCUT2D eigenvalue weighted by atomic mass is 10.2. The van der Waals surface area contributed by atoms with Crippen LogP contribution in [0.3, 0.4) is 0 Å². The summed E-state index contributed by atoms with van der Waals surface area (Å²) in [4.78, 5) is 0. The van der Waals surface area contributed by atoms with Crippen molar-refractivity contribution in [1.29, 1.82) is 0 Å². The molecule has 1 saturated heterocycles. The second kappa shape index (κ2) is 7.85. The van der Waals surface area contributed by atoms with Crippen LogP contribution in [0, 0.1) is 0 Å². The molecule has 0 saturated carbocycles. The van der Waals surface area contributed by atoms with Gasteiger partial charge in [-0.3, -0.25) is 0 Å². The monoisotopic (exact) mass is 304 g/mol. The number of benzene rings is 1. The van der Waals surface area contributed by atoms with Crippen molar-refractivity contribution in [2.24, 2.45) is 0 Å². The van der Waals surface area contributed by atoms with Gasteiger partial charge in [0.1, 0.15) is 0 Å². The Labute approximate surface area is 121 Å². The van der Waals surface area contributed by atoms with Crippen LogP contribution in [0.5, 0.6) is 0 Å². The highest BCUT2D eigenvalue weighted by Gasteiger charge is 2.17. The van der Waals surface area contributed by atoms with Crippen molar-refractivity contribution in [1.82, 2.24) is 10.0 Å². The van der Waals surface area contributed by atoms with Gasteiger partial charge in [-0.25, -0.2) is 13.1 Å². The largest absolute Gasteiger partial charge is 0.313 e. The molecule has 4 nitrogen and oxygen atoms in total. The van der Waals surface area contributed by atoms with Crippen LogP contribution < -0.4 is 10.0 Å². The van der Waals surface area contributed by atoms with Gasteiger partial charge in [0.05, 0.1) is 5.75 Å². The number of rotatable bonds is 6. The maximum Gasteiger partial charge on any atom is 0.211 e. The van der Waals surface area contributed by atoms with E-state index in [0.29, 0.717) is 19.0 Å². The third kappa shape index (κ3) is 5.91. The number of nitrogens with one attached hydrogen (secondary N) is 2. The summed E-state index contributed by atoms with van der Waals surface area (Å²) in [5.41, 5.74) is 1.06. The Morgan fingerprint density at radius 2 is 2.00 bits per heavy atom. The molecular formula is C13H21ClN2O2S. The minimum atomic E-state index is -3.16. The van der Waals surface area contributed by atoms with Gasteiger partial charge in [0, 0.05) is 12.6 Å². The van der Waals surface area contributed by atoms with Crippen LogP contribution in [0.1, 0.15) is 18.4 Å². The average Bonchev–Trinajstić information content (AvgIpc) is 2.89. The number of hydrogen-bond donors (Lipinski definition) is 2. The summed E-state index contributed by atoms with van der Waals surface area (Å²) in [7, 11) is -3.16. The Bertz CT molecular complexity index is 459. The van der Waals surface area contributed by atoms with Gasteiger partial charge in [-0.1, -0.05) is 30.3 Å². The molecule has 1 fully saturated rings. The zero-order valence-electron chi connectivity index (χ0n) is 10.8. The molecule has 0 bridgehead atoms. The first-order valence-electron chi connectivity index (χ1n) is 6.40. The molecule has 1 heterocycles. The van der Waals surface area contributed by atoms with E-state index in [-0.39, 0.29) is 18.2 Å². The van der Waals surface area contributed by atoms with Crippen molar-refractivity contribution in [3.63, 3.8) is 0 Å². The first-order valence-corrected chi connectivity index (χ1v) is 8.05. The fraction of sp³-hybridized carbons (Fsp3) is 0.538. The maximum atomic E-state index is 11.8. The van der Waals surface area contributed by atoms with Gasteiger partial charge in [0.15, 0.2) is 0 Å². The third-order valence-corrected chi connectivity index (χ3v) is 4.56. The highest BCUT2D eigenvalue weighted by atomic mass is 35.5. The Balaban J connectivity index is 0.00000180. The fourth-order valence-electron chi connectivity index (χ4n) is 2.13. The summed E-state index contributed by atoms with van der Waals surface area (Å²) in [6.07, 6.45) is 2.76.